The fourth-order valence-corrected chi connectivity index (χ4v) is 3.16. The zero-order valence-electron chi connectivity index (χ0n) is 11.4. The lowest BCUT2D eigenvalue weighted by atomic mass is 10.0. The van der Waals surface area contributed by atoms with Gasteiger partial charge in [0.1, 0.15) is 28.2 Å². The topological polar surface area (TPSA) is 101 Å². The Morgan fingerprint density at radius 2 is 1.74 bits per heavy atom. The van der Waals surface area contributed by atoms with Gasteiger partial charge in [-0.2, -0.15) is 0 Å². The van der Waals surface area contributed by atoms with Crippen LogP contribution < -0.4 is 10.6 Å². The van der Waals surface area contributed by atoms with E-state index in [4.69, 9.17) is 8.83 Å². The monoisotopic (exact) mass is 328 g/mol. The summed E-state index contributed by atoms with van der Waals surface area (Å²) in [5.74, 6) is -0.559. The molecule has 4 aromatic rings. The first-order valence-electron chi connectivity index (χ1n) is 6.56. The van der Waals surface area contributed by atoms with Gasteiger partial charge in [0.25, 0.3) is 0 Å². The number of rotatable bonds is 1. The predicted molar refractivity (Wildman–Crippen MR) is 85.2 cm³/mol. The van der Waals surface area contributed by atoms with Crippen molar-refractivity contribution >= 4 is 32.6 Å². The molecule has 0 bridgehead atoms. The molecule has 6 nitrogen and oxygen atoms in total. The molecule has 0 fully saturated rings. The minimum atomic E-state index is -0.798. The Kier molecular flexibility index (Phi) is 2.79. The van der Waals surface area contributed by atoms with Crippen molar-refractivity contribution in [3.05, 3.63) is 56.6 Å². The van der Waals surface area contributed by atoms with E-state index >= 15 is 0 Å². The van der Waals surface area contributed by atoms with E-state index in [0.717, 1.165) is 11.3 Å². The summed E-state index contributed by atoms with van der Waals surface area (Å²) in [4.78, 5) is 23.0. The Hall–Kier alpha value is -3.06. The number of hydrogen-bond donors (Lipinski definition) is 2. The van der Waals surface area contributed by atoms with E-state index in [-0.39, 0.29) is 33.8 Å². The van der Waals surface area contributed by atoms with Crippen LogP contribution in [0.3, 0.4) is 0 Å². The summed E-state index contributed by atoms with van der Waals surface area (Å²) < 4.78 is 10.6. The van der Waals surface area contributed by atoms with Crippen molar-refractivity contribution in [3.63, 3.8) is 0 Å². The van der Waals surface area contributed by atoms with Crippen molar-refractivity contribution < 1.29 is 19.0 Å². The van der Waals surface area contributed by atoms with Gasteiger partial charge < -0.3 is 19.0 Å². The van der Waals surface area contributed by atoms with Crippen molar-refractivity contribution in [2.75, 3.05) is 0 Å². The molecule has 0 saturated carbocycles. The second kappa shape index (κ2) is 4.72. The van der Waals surface area contributed by atoms with Gasteiger partial charge in [0, 0.05) is 11.6 Å². The quantitative estimate of drug-likeness (QED) is 0.521. The van der Waals surface area contributed by atoms with Crippen LogP contribution in [0.2, 0.25) is 0 Å². The van der Waals surface area contributed by atoms with Crippen LogP contribution in [0.4, 0.5) is 0 Å². The second-order valence-corrected chi connectivity index (χ2v) is 5.86. The van der Waals surface area contributed by atoms with E-state index in [9.17, 15) is 19.8 Å². The average molecular weight is 328 g/mol. The van der Waals surface area contributed by atoms with Gasteiger partial charge in [0.15, 0.2) is 0 Å². The second-order valence-electron chi connectivity index (χ2n) is 4.88. The fraction of sp³-hybridized carbons (Fsp3) is 0. The van der Waals surface area contributed by atoms with Crippen molar-refractivity contribution in [1.29, 1.82) is 0 Å². The van der Waals surface area contributed by atoms with Gasteiger partial charge in [0.2, 0.25) is 0 Å². The molecule has 0 unspecified atom stereocenters. The number of phenolic OH excluding ortho intramolecular Hbond substituents is 1. The van der Waals surface area contributed by atoms with Crippen molar-refractivity contribution in [1.82, 2.24) is 0 Å². The molecular weight excluding hydrogens is 320 g/mol. The minimum absolute atomic E-state index is 0.0380. The number of fused-ring (bicyclic) bond motifs is 2. The van der Waals surface area contributed by atoms with Crippen LogP contribution in [0.1, 0.15) is 0 Å². The Morgan fingerprint density at radius 3 is 2.57 bits per heavy atom. The fourth-order valence-electron chi connectivity index (χ4n) is 2.48. The number of hydrogen-bond acceptors (Lipinski definition) is 7. The van der Waals surface area contributed by atoms with Crippen LogP contribution in [0.5, 0.6) is 11.5 Å². The maximum absolute atomic E-state index is 12.2. The molecule has 0 aliphatic rings. The smallest absolute Gasteiger partial charge is 0.396 e. The third kappa shape index (κ3) is 2.01. The van der Waals surface area contributed by atoms with Gasteiger partial charge in [0.05, 0.1) is 10.1 Å². The van der Waals surface area contributed by atoms with Crippen molar-refractivity contribution in [3.8, 4) is 22.6 Å². The first-order chi connectivity index (χ1) is 11.0. The molecule has 0 spiro atoms. The van der Waals surface area contributed by atoms with Crippen LogP contribution in [-0.2, 0) is 0 Å². The highest BCUT2D eigenvalue weighted by molar-refractivity contribution is 7.16. The van der Waals surface area contributed by atoms with Gasteiger partial charge in [-0.1, -0.05) is 23.5 Å². The molecule has 4 rings (SSSR count). The summed E-state index contributed by atoms with van der Waals surface area (Å²) in [5, 5.41) is 20.9. The third-order valence-corrected chi connectivity index (χ3v) is 4.29. The molecule has 0 saturated heterocycles. The molecule has 0 radical (unpaired) electrons. The first-order valence-corrected chi connectivity index (χ1v) is 7.38. The van der Waals surface area contributed by atoms with Gasteiger partial charge in [-0.05, 0) is 18.2 Å². The molecular formula is C16H8O6S. The molecule has 2 heterocycles. The average Bonchev–Trinajstić information content (AvgIpc) is 2.86. The van der Waals surface area contributed by atoms with Gasteiger partial charge in [-0.25, -0.2) is 9.59 Å². The zero-order chi connectivity index (χ0) is 16.1. The Bertz CT molecular complexity index is 1180. The summed E-state index contributed by atoms with van der Waals surface area (Å²) in [6.45, 7) is 0. The molecule has 0 amide bonds. The van der Waals surface area contributed by atoms with Gasteiger partial charge >= 0.3 is 10.6 Å². The van der Waals surface area contributed by atoms with Crippen LogP contribution in [0, 0.1) is 0 Å². The molecule has 0 aliphatic heterocycles. The summed E-state index contributed by atoms with van der Waals surface area (Å²) in [5.41, 5.74) is -0.484. The minimum Gasteiger partial charge on any atom is -0.507 e. The number of para-hydroxylation sites is 1. The Labute approximate surface area is 131 Å². The van der Waals surface area contributed by atoms with Crippen LogP contribution in [0.15, 0.2) is 54.8 Å². The maximum Gasteiger partial charge on any atom is 0.396 e. The highest BCUT2D eigenvalue weighted by Gasteiger charge is 2.20. The summed E-state index contributed by atoms with van der Waals surface area (Å²) in [6.07, 6.45) is 0. The molecule has 2 aromatic carbocycles. The summed E-state index contributed by atoms with van der Waals surface area (Å²) >= 11 is 0.835. The molecule has 0 aliphatic carbocycles. The van der Waals surface area contributed by atoms with E-state index in [1.54, 1.807) is 24.3 Å². The maximum atomic E-state index is 12.2. The molecule has 2 aromatic heterocycles. The van der Waals surface area contributed by atoms with Crippen molar-refractivity contribution in [2.24, 2.45) is 0 Å². The molecule has 0 atom stereocenters. The van der Waals surface area contributed by atoms with Crippen LogP contribution >= 0.6 is 11.3 Å². The summed E-state index contributed by atoms with van der Waals surface area (Å²) in [6, 6.07) is 9.16. The van der Waals surface area contributed by atoms with E-state index in [0.29, 0.717) is 10.1 Å². The lowest BCUT2D eigenvalue weighted by Crippen LogP contribution is -2.03. The van der Waals surface area contributed by atoms with E-state index < -0.39 is 10.6 Å². The van der Waals surface area contributed by atoms with E-state index in [1.807, 2.05) is 0 Å². The standard InChI is InChI=1S/C16H8O6S/c17-9-6-12-11(22-16(20)23-12)5-8(9)13-14(18)7-3-1-2-4-10(7)21-15(13)19/h1-6,17-18H. The predicted octanol–water partition coefficient (Wildman–Crippen LogP) is 3.04. The number of aromatic hydroxyl groups is 2. The summed E-state index contributed by atoms with van der Waals surface area (Å²) in [7, 11) is 0. The molecule has 7 heteroatoms. The highest BCUT2D eigenvalue weighted by atomic mass is 32.1. The number of phenols is 1. The number of benzene rings is 2. The lowest BCUT2D eigenvalue weighted by Gasteiger charge is -2.08. The Balaban J connectivity index is 2.11. The van der Waals surface area contributed by atoms with Gasteiger partial charge in [-0.3, -0.25) is 0 Å². The van der Waals surface area contributed by atoms with E-state index in [1.165, 1.54) is 12.1 Å². The van der Waals surface area contributed by atoms with Crippen molar-refractivity contribution in [2.45, 2.75) is 0 Å². The largest absolute Gasteiger partial charge is 0.507 e. The first kappa shape index (κ1) is 13.6. The zero-order valence-corrected chi connectivity index (χ0v) is 12.2. The molecule has 114 valence electrons. The van der Waals surface area contributed by atoms with Crippen LogP contribution in [-0.4, -0.2) is 10.2 Å². The Morgan fingerprint density at radius 1 is 0.957 bits per heavy atom. The van der Waals surface area contributed by atoms with E-state index in [2.05, 4.69) is 0 Å². The third-order valence-electron chi connectivity index (χ3n) is 3.50. The SMILES string of the molecule is O=c1oc2cc(-c3c(O)c4ccccc4oc3=O)c(O)cc2s1. The van der Waals surface area contributed by atoms with Gasteiger partial charge in [-0.15, -0.1) is 0 Å². The molecule has 23 heavy (non-hydrogen) atoms. The molecule has 2 N–H and O–H groups in total. The highest BCUT2D eigenvalue weighted by Crippen LogP contribution is 2.39. The lowest BCUT2D eigenvalue weighted by molar-refractivity contribution is 0.463. The normalized spacial score (nSPS) is 11.3. The van der Waals surface area contributed by atoms with Crippen LogP contribution in [0.25, 0.3) is 32.4 Å².